The van der Waals surface area contributed by atoms with Crippen molar-refractivity contribution in [3.63, 3.8) is 0 Å². The Morgan fingerprint density at radius 3 is 2.74 bits per heavy atom. The van der Waals surface area contributed by atoms with Gasteiger partial charge in [0.1, 0.15) is 0 Å². The van der Waals surface area contributed by atoms with Gasteiger partial charge in [0.05, 0.1) is 18.7 Å². The molecule has 2 N–H and O–H groups in total. The van der Waals surface area contributed by atoms with Gasteiger partial charge in [-0.15, -0.1) is 0 Å². The average molecular weight is 326 g/mol. The number of carbonyl (C=O) groups excluding carboxylic acids is 1. The number of ether oxygens (including phenoxy) is 1. The third-order valence-corrected chi connectivity index (χ3v) is 3.75. The monoisotopic (exact) mass is 326 g/mol. The molecule has 1 aromatic carbocycles. The smallest absolute Gasteiger partial charge is 0.317 e. The lowest BCUT2D eigenvalue weighted by Crippen LogP contribution is -2.43. The van der Waals surface area contributed by atoms with Crippen molar-refractivity contribution in [2.45, 2.75) is 12.1 Å². The molecule has 0 aliphatic carbocycles. The number of likely N-dealkylation sites (tertiary alicyclic amines) is 1. The summed E-state index contributed by atoms with van der Waals surface area (Å²) < 4.78 is 18.6. The molecule has 1 aromatic rings. The van der Waals surface area contributed by atoms with E-state index in [9.17, 15) is 19.1 Å². The van der Waals surface area contributed by atoms with Crippen molar-refractivity contribution in [2.24, 2.45) is 0 Å². The number of hydrogen-bond donors (Lipinski definition) is 2. The van der Waals surface area contributed by atoms with Gasteiger partial charge in [0.2, 0.25) is 0 Å². The van der Waals surface area contributed by atoms with E-state index in [1.165, 1.54) is 28.0 Å². The Labute approximate surface area is 132 Å². The molecule has 1 amide bonds. The number of halogens is 1. The van der Waals surface area contributed by atoms with Crippen LogP contribution in [0, 0.1) is 5.82 Å². The van der Waals surface area contributed by atoms with Crippen LogP contribution in [0.3, 0.4) is 0 Å². The molecule has 0 unspecified atom stereocenters. The Morgan fingerprint density at radius 1 is 1.39 bits per heavy atom. The van der Waals surface area contributed by atoms with Crippen LogP contribution < -0.4 is 4.74 Å². The van der Waals surface area contributed by atoms with Gasteiger partial charge in [-0.05, 0) is 19.2 Å². The number of hydrogen-bond acceptors (Lipinski definition) is 5. The van der Waals surface area contributed by atoms with E-state index < -0.39 is 29.8 Å². The molecule has 2 atom stereocenters. The molecule has 1 aliphatic rings. The Hall–Kier alpha value is -2.19. The maximum Gasteiger partial charge on any atom is 0.317 e. The maximum absolute atomic E-state index is 13.4. The Balaban J connectivity index is 1.89. The van der Waals surface area contributed by atoms with E-state index in [0.717, 1.165) is 0 Å². The summed E-state index contributed by atoms with van der Waals surface area (Å²) in [4.78, 5) is 25.7. The minimum atomic E-state index is -1.01. The molecule has 8 heteroatoms. The Kier molecular flexibility index (Phi) is 5.51. The van der Waals surface area contributed by atoms with Crippen LogP contribution in [-0.4, -0.2) is 77.3 Å². The van der Waals surface area contributed by atoms with Gasteiger partial charge in [-0.2, -0.15) is 0 Å². The molecule has 126 valence electrons. The van der Waals surface area contributed by atoms with Crippen LogP contribution in [0.4, 0.5) is 4.39 Å². The zero-order valence-electron chi connectivity index (χ0n) is 12.7. The van der Waals surface area contributed by atoms with Crippen LogP contribution in [-0.2, 0) is 9.59 Å². The van der Waals surface area contributed by atoms with Gasteiger partial charge in [-0.3, -0.25) is 14.5 Å². The number of nitrogens with zero attached hydrogens (tertiary/aromatic N) is 2. The first-order valence-corrected chi connectivity index (χ1v) is 7.13. The van der Waals surface area contributed by atoms with Crippen molar-refractivity contribution in [3.8, 4) is 5.75 Å². The predicted octanol–water partition coefficient (Wildman–Crippen LogP) is -0.207. The number of likely N-dealkylation sites (N-methyl/N-ethyl adjacent to an activating group) is 1. The highest BCUT2D eigenvalue weighted by Crippen LogP contribution is 2.18. The molecule has 0 spiro atoms. The van der Waals surface area contributed by atoms with Crippen LogP contribution in [0.25, 0.3) is 0 Å². The second-order valence-electron chi connectivity index (χ2n) is 5.46. The number of aliphatic hydroxyl groups excluding tert-OH is 1. The molecule has 0 aromatic heterocycles. The van der Waals surface area contributed by atoms with Crippen molar-refractivity contribution < 1.29 is 28.9 Å². The largest absolute Gasteiger partial charge is 0.481 e. The number of β-amino-alcohol motifs (C(OH)–C–C–N with tert-alkyl or cyclic N) is 1. The quantitative estimate of drug-likeness (QED) is 0.752. The van der Waals surface area contributed by atoms with E-state index in [4.69, 9.17) is 9.84 Å². The fraction of sp³-hybridized carbons (Fsp3) is 0.467. The molecular formula is C15H19FN2O5. The summed E-state index contributed by atoms with van der Waals surface area (Å²) in [5, 5.41) is 18.8. The summed E-state index contributed by atoms with van der Waals surface area (Å²) in [5.74, 6) is -1.97. The lowest BCUT2D eigenvalue weighted by atomic mass is 10.2. The molecule has 2 rings (SSSR count). The number of para-hydroxylation sites is 1. The van der Waals surface area contributed by atoms with Crippen molar-refractivity contribution in [2.75, 3.05) is 33.3 Å². The van der Waals surface area contributed by atoms with Crippen LogP contribution in [0.15, 0.2) is 24.3 Å². The molecule has 0 radical (unpaired) electrons. The van der Waals surface area contributed by atoms with E-state index in [0.29, 0.717) is 0 Å². The zero-order chi connectivity index (χ0) is 17.0. The van der Waals surface area contributed by atoms with Crippen LogP contribution in [0.5, 0.6) is 5.75 Å². The SMILES string of the molecule is CN(CC(=O)O)[C@@H]1CN(C(=O)COc2ccccc2F)C[C@H]1O. The molecule has 23 heavy (non-hydrogen) atoms. The van der Waals surface area contributed by atoms with Gasteiger partial charge in [-0.25, -0.2) is 4.39 Å². The minimum Gasteiger partial charge on any atom is -0.481 e. The number of benzene rings is 1. The number of carbonyl (C=O) groups is 2. The number of aliphatic hydroxyl groups is 1. The van der Waals surface area contributed by atoms with Gasteiger partial charge in [0.15, 0.2) is 18.2 Å². The van der Waals surface area contributed by atoms with Gasteiger partial charge < -0.3 is 19.8 Å². The fourth-order valence-corrected chi connectivity index (χ4v) is 2.53. The Bertz CT molecular complexity index is 583. The second kappa shape index (κ2) is 7.38. The fourth-order valence-electron chi connectivity index (χ4n) is 2.53. The summed E-state index contributed by atoms with van der Waals surface area (Å²) >= 11 is 0. The summed E-state index contributed by atoms with van der Waals surface area (Å²) in [5.41, 5.74) is 0. The normalized spacial score (nSPS) is 20.8. The van der Waals surface area contributed by atoms with Crippen LogP contribution in [0.1, 0.15) is 0 Å². The summed E-state index contributed by atoms with van der Waals surface area (Å²) in [6, 6.07) is 5.31. The number of amides is 1. The second-order valence-corrected chi connectivity index (χ2v) is 5.46. The van der Waals surface area contributed by atoms with E-state index in [2.05, 4.69) is 0 Å². The molecule has 1 heterocycles. The lowest BCUT2D eigenvalue weighted by Gasteiger charge is -2.24. The van der Waals surface area contributed by atoms with E-state index in [1.807, 2.05) is 0 Å². The standard InChI is InChI=1S/C15H19FN2O5/c1-17(8-15(21)22)11-6-18(7-12(11)19)14(20)9-23-13-5-3-2-4-10(13)16/h2-5,11-12,19H,6-9H2,1H3,(H,21,22)/t11-,12-/m1/s1. The van der Waals surface area contributed by atoms with Crippen molar-refractivity contribution >= 4 is 11.9 Å². The molecule has 7 nitrogen and oxygen atoms in total. The van der Waals surface area contributed by atoms with Gasteiger partial charge >= 0.3 is 5.97 Å². The van der Waals surface area contributed by atoms with Crippen molar-refractivity contribution in [3.05, 3.63) is 30.1 Å². The molecule has 0 bridgehead atoms. The number of rotatable bonds is 6. The highest BCUT2D eigenvalue weighted by atomic mass is 19.1. The number of carboxylic acids is 1. The highest BCUT2D eigenvalue weighted by Gasteiger charge is 2.36. The average Bonchev–Trinajstić information content (AvgIpc) is 2.87. The van der Waals surface area contributed by atoms with Gasteiger partial charge in [0, 0.05) is 13.1 Å². The first-order chi connectivity index (χ1) is 10.9. The van der Waals surface area contributed by atoms with E-state index in [-0.39, 0.29) is 32.0 Å². The maximum atomic E-state index is 13.4. The van der Waals surface area contributed by atoms with E-state index >= 15 is 0 Å². The van der Waals surface area contributed by atoms with E-state index in [1.54, 1.807) is 13.1 Å². The third-order valence-electron chi connectivity index (χ3n) is 3.75. The van der Waals surface area contributed by atoms with Crippen molar-refractivity contribution in [1.29, 1.82) is 0 Å². The van der Waals surface area contributed by atoms with Crippen LogP contribution in [0.2, 0.25) is 0 Å². The van der Waals surface area contributed by atoms with Crippen LogP contribution >= 0.6 is 0 Å². The lowest BCUT2D eigenvalue weighted by molar-refractivity contribution is -0.138. The first-order valence-electron chi connectivity index (χ1n) is 7.13. The highest BCUT2D eigenvalue weighted by molar-refractivity contribution is 5.78. The first kappa shape index (κ1) is 17.2. The summed E-state index contributed by atoms with van der Waals surface area (Å²) in [6.07, 6.45) is -0.836. The Morgan fingerprint density at radius 2 is 2.09 bits per heavy atom. The minimum absolute atomic E-state index is 0.0138. The third kappa shape index (κ3) is 4.40. The number of aliphatic carboxylic acids is 1. The molecule has 1 aliphatic heterocycles. The van der Waals surface area contributed by atoms with Crippen molar-refractivity contribution in [1.82, 2.24) is 9.80 Å². The van der Waals surface area contributed by atoms with Gasteiger partial charge in [-0.1, -0.05) is 12.1 Å². The number of carboxylic acid groups (broad SMARTS) is 1. The summed E-state index contributed by atoms with van der Waals surface area (Å²) in [6.45, 7) is -0.281. The molecule has 1 saturated heterocycles. The van der Waals surface area contributed by atoms with Gasteiger partial charge in [0.25, 0.3) is 5.91 Å². The molecular weight excluding hydrogens is 307 g/mol. The molecule has 1 fully saturated rings. The zero-order valence-corrected chi connectivity index (χ0v) is 12.7. The predicted molar refractivity (Wildman–Crippen MR) is 78.5 cm³/mol. The topological polar surface area (TPSA) is 90.3 Å². The summed E-state index contributed by atoms with van der Waals surface area (Å²) in [7, 11) is 1.58. The molecule has 0 saturated carbocycles.